The molecule has 0 fully saturated rings. The molecule has 5 nitrogen and oxygen atoms in total. The molecule has 1 amide bonds. The summed E-state index contributed by atoms with van der Waals surface area (Å²) in [5.41, 5.74) is 6.36. The lowest BCUT2D eigenvalue weighted by molar-refractivity contribution is 0.100. The maximum Gasteiger partial charge on any atom is 0.260 e. The van der Waals surface area contributed by atoms with Crippen LogP contribution < -0.4 is 11.3 Å². The van der Waals surface area contributed by atoms with Crippen LogP contribution in [0.2, 0.25) is 5.02 Å². The lowest BCUT2D eigenvalue weighted by atomic mass is 10.0. The maximum atomic E-state index is 12.2. The molecule has 0 aliphatic carbocycles. The van der Waals surface area contributed by atoms with Gasteiger partial charge in [0.05, 0.1) is 5.39 Å². The minimum absolute atomic E-state index is 0.286. The van der Waals surface area contributed by atoms with E-state index < -0.39 is 5.91 Å². The van der Waals surface area contributed by atoms with Crippen molar-refractivity contribution in [3.05, 3.63) is 50.3 Å². The topological polar surface area (TPSA) is 88.8 Å². The minimum Gasteiger partial charge on any atom is -0.365 e. The number of hydrogen-bond acceptors (Lipinski definition) is 4. The van der Waals surface area contributed by atoms with Crippen LogP contribution in [0.5, 0.6) is 0 Å². The van der Waals surface area contributed by atoms with E-state index in [9.17, 15) is 9.59 Å². The average Bonchev–Trinajstić information content (AvgIpc) is 2.79. The first kappa shape index (κ1) is 13.8. The number of primary amides is 1. The molecular formula is C14H10ClN3O2S. The number of aromatic amines is 1. The Kier molecular flexibility index (Phi) is 3.27. The fourth-order valence-electron chi connectivity index (χ4n) is 2.18. The lowest BCUT2D eigenvalue weighted by Gasteiger charge is -2.02. The number of fused-ring (bicyclic) bond motifs is 1. The molecule has 3 N–H and O–H groups in total. The standard InChI is InChI=1S/C14H10ClN3O2S/c1-6-17-13(20)10-9(7-2-4-8(15)5-3-7)11(12(16)19)21-14(10)18-6/h2-5H,1H3,(H2,16,19)(H,17,18,20). The summed E-state index contributed by atoms with van der Waals surface area (Å²) in [6, 6.07) is 6.88. The number of aromatic nitrogens is 2. The molecule has 0 bridgehead atoms. The largest absolute Gasteiger partial charge is 0.365 e. The third-order valence-electron chi connectivity index (χ3n) is 3.04. The Balaban J connectivity index is 2.44. The van der Waals surface area contributed by atoms with Crippen LogP contribution in [0.3, 0.4) is 0 Å². The van der Waals surface area contributed by atoms with Gasteiger partial charge in [-0.1, -0.05) is 23.7 Å². The number of rotatable bonds is 2. The third kappa shape index (κ3) is 2.32. The van der Waals surface area contributed by atoms with Crippen molar-refractivity contribution in [1.29, 1.82) is 0 Å². The Morgan fingerprint density at radius 3 is 2.62 bits per heavy atom. The molecule has 21 heavy (non-hydrogen) atoms. The number of nitrogens with zero attached hydrogens (tertiary/aromatic N) is 1. The minimum atomic E-state index is -0.583. The third-order valence-corrected chi connectivity index (χ3v) is 4.39. The molecule has 0 spiro atoms. The number of thiophene rings is 1. The van der Waals surface area contributed by atoms with E-state index in [1.54, 1.807) is 31.2 Å². The zero-order valence-electron chi connectivity index (χ0n) is 10.9. The van der Waals surface area contributed by atoms with E-state index in [2.05, 4.69) is 9.97 Å². The van der Waals surface area contributed by atoms with Gasteiger partial charge in [-0.2, -0.15) is 0 Å². The fourth-order valence-corrected chi connectivity index (χ4v) is 3.40. The fraction of sp³-hybridized carbons (Fsp3) is 0.0714. The summed E-state index contributed by atoms with van der Waals surface area (Å²) in [5.74, 6) is -0.0903. The van der Waals surface area contributed by atoms with Gasteiger partial charge in [-0.25, -0.2) is 4.98 Å². The van der Waals surface area contributed by atoms with Gasteiger partial charge in [0.15, 0.2) is 0 Å². The lowest BCUT2D eigenvalue weighted by Crippen LogP contribution is -2.12. The number of halogens is 1. The molecule has 0 unspecified atom stereocenters. The molecule has 0 saturated heterocycles. The Labute approximate surface area is 128 Å². The number of aryl methyl sites for hydroxylation is 1. The quantitative estimate of drug-likeness (QED) is 0.761. The molecule has 1 aromatic carbocycles. The highest BCUT2D eigenvalue weighted by Gasteiger charge is 2.21. The van der Waals surface area contributed by atoms with Gasteiger partial charge < -0.3 is 10.7 Å². The monoisotopic (exact) mass is 319 g/mol. The van der Waals surface area contributed by atoms with Crippen LogP contribution in [0.15, 0.2) is 29.1 Å². The van der Waals surface area contributed by atoms with Crippen LogP contribution in [0.4, 0.5) is 0 Å². The summed E-state index contributed by atoms with van der Waals surface area (Å²) in [4.78, 5) is 31.7. The zero-order valence-corrected chi connectivity index (χ0v) is 12.5. The van der Waals surface area contributed by atoms with Crippen LogP contribution in [-0.2, 0) is 0 Å². The summed E-state index contributed by atoms with van der Waals surface area (Å²) in [6.07, 6.45) is 0. The van der Waals surface area contributed by atoms with E-state index in [4.69, 9.17) is 17.3 Å². The number of nitrogens with two attached hydrogens (primary N) is 1. The van der Waals surface area contributed by atoms with Gasteiger partial charge in [0.25, 0.3) is 11.5 Å². The number of H-pyrrole nitrogens is 1. The summed E-state index contributed by atoms with van der Waals surface area (Å²) < 4.78 is 0. The molecular weight excluding hydrogens is 310 g/mol. The smallest absolute Gasteiger partial charge is 0.260 e. The predicted molar refractivity (Wildman–Crippen MR) is 83.9 cm³/mol. The summed E-state index contributed by atoms with van der Waals surface area (Å²) in [5, 5.41) is 0.948. The number of carbonyl (C=O) groups is 1. The molecule has 3 aromatic rings. The van der Waals surface area contributed by atoms with E-state index >= 15 is 0 Å². The van der Waals surface area contributed by atoms with Crippen LogP contribution in [0.25, 0.3) is 21.3 Å². The first-order valence-corrected chi connectivity index (χ1v) is 7.26. The molecule has 0 aliphatic heterocycles. The van der Waals surface area contributed by atoms with E-state index in [1.165, 1.54) is 0 Å². The number of amides is 1. The predicted octanol–water partition coefficient (Wildman–Crippen LogP) is 2.71. The second kappa shape index (κ2) is 4.98. The SMILES string of the molecule is Cc1nc2sc(C(N)=O)c(-c3ccc(Cl)cc3)c2c(=O)[nH]1. The van der Waals surface area contributed by atoms with Gasteiger partial charge in [0.2, 0.25) is 0 Å². The van der Waals surface area contributed by atoms with Crippen LogP contribution in [-0.4, -0.2) is 15.9 Å². The van der Waals surface area contributed by atoms with Gasteiger partial charge in [-0.15, -0.1) is 11.3 Å². The number of nitrogens with one attached hydrogen (secondary N) is 1. The molecule has 3 rings (SSSR count). The highest BCUT2D eigenvalue weighted by molar-refractivity contribution is 7.21. The van der Waals surface area contributed by atoms with E-state index in [0.717, 1.165) is 11.3 Å². The summed E-state index contributed by atoms with van der Waals surface area (Å²) in [7, 11) is 0. The Bertz CT molecular complexity index is 912. The van der Waals surface area contributed by atoms with Gasteiger partial charge in [-0.05, 0) is 24.6 Å². The van der Waals surface area contributed by atoms with Crippen molar-refractivity contribution in [2.24, 2.45) is 5.73 Å². The van der Waals surface area contributed by atoms with Gasteiger partial charge in [0.1, 0.15) is 15.5 Å². The Morgan fingerprint density at radius 1 is 1.33 bits per heavy atom. The molecule has 0 aliphatic rings. The number of carbonyl (C=O) groups excluding carboxylic acids is 1. The molecule has 0 atom stereocenters. The molecule has 2 aromatic heterocycles. The molecule has 2 heterocycles. The van der Waals surface area contributed by atoms with Crippen LogP contribution in [0.1, 0.15) is 15.5 Å². The van der Waals surface area contributed by atoms with Crippen molar-refractivity contribution in [3.63, 3.8) is 0 Å². The summed E-state index contributed by atoms with van der Waals surface area (Å²) in [6.45, 7) is 1.69. The van der Waals surface area contributed by atoms with Gasteiger partial charge in [-0.3, -0.25) is 9.59 Å². The molecule has 7 heteroatoms. The highest BCUT2D eigenvalue weighted by atomic mass is 35.5. The zero-order chi connectivity index (χ0) is 15.1. The maximum absolute atomic E-state index is 12.2. The van der Waals surface area contributed by atoms with Gasteiger partial charge in [0, 0.05) is 10.6 Å². The Morgan fingerprint density at radius 2 is 2.00 bits per heavy atom. The normalized spacial score (nSPS) is 11.0. The first-order chi connectivity index (χ1) is 9.97. The van der Waals surface area contributed by atoms with E-state index in [0.29, 0.717) is 37.1 Å². The number of benzene rings is 1. The van der Waals surface area contributed by atoms with Crippen molar-refractivity contribution in [3.8, 4) is 11.1 Å². The van der Waals surface area contributed by atoms with E-state index in [-0.39, 0.29) is 5.56 Å². The van der Waals surface area contributed by atoms with Crippen molar-refractivity contribution < 1.29 is 4.79 Å². The van der Waals surface area contributed by atoms with Crippen molar-refractivity contribution in [2.75, 3.05) is 0 Å². The summed E-state index contributed by atoms with van der Waals surface area (Å²) >= 11 is 7.00. The van der Waals surface area contributed by atoms with E-state index in [1.807, 2.05) is 0 Å². The molecule has 0 radical (unpaired) electrons. The molecule has 0 saturated carbocycles. The van der Waals surface area contributed by atoms with Crippen molar-refractivity contribution in [2.45, 2.75) is 6.92 Å². The van der Waals surface area contributed by atoms with Gasteiger partial charge >= 0.3 is 0 Å². The number of hydrogen-bond donors (Lipinski definition) is 2. The average molecular weight is 320 g/mol. The second-order valence-electron chi connectivity index (χ2n) is 4.51. The highest BCUT2D eigenvalue weighted by Crippen LogP contribution is 2.36. The van der Waals surface area contributed by atoms with Crippen molar-refractivity contribution in [1.82, 2.24) is 9.97 Å². The van der Waals surface area contributed by atoms with Crippen molar-refractivity contribution >= 4 is 39.1 Å². The Hall–Kier alpha value is -2.18. The second-order valence-corrected chi connectivity index (χ2v) is 5.94. The first-order valence-electron chi connectivity index (χ1n) is 6.06. The van der Waals surface area contributed by atoms with Crippen LogP contribution in [0, 0.1) is 6.92 Å². The van der Waals surface area contributed by atoms with Crippen LogP contribution >= 0.6 is 22.9 Å². The molecule has 106 valence electrons.